The Kier molecular flexibility index (Phi) is 1.76. The van der Waals surface area contributed by atoms with E-state index in [4.69, 9.17) is 0 Å². The Morgan fingerprint density at radius 2 is 1.93 bits per heavy atom. The zero-order valence-corrected chi connectivity index (χ0v) is 10.2. The van der Waals surface area contributed by atoms with E-state index in [1.54, 1.807) is 0 Å². The van der Waals surface area contributed by atoms with E-state index in [-0.39, 0.29) is 10.8 Å². The molecule has 4 fully saturated rings. The Balaban J connectivity index is 2.08. The molecule has 15 heavy (non-hydrogen) atoms. The molecule has 1 heteroatoms. The Morgan fingerprint density at radius 3 is 2.67 bits per heavy atom. The standard InChI is InChI=1S/C14H22O/c1-9-4-7-14(3)11-5-6-13(2,12(14)15)8-10(9)11/h9-11H,4-8H2,1-3H3. The Morgan fingerprint density at radius 1 is 1.20 bits per heavy atom. The molecule has 0 aliphatic heterocycles. The highest BCUT2D eigenvalue weighted by Gasteiger charge is 2.62. The minimum atomic E-state index is 0.0445. The van der Waals surface area contributed by atoms with Gasteiger partial charge in [-0.1, -0.05) is 20.8 Å². The molecule has 4 aliphatic carbocycles. The lowest BCUT2D eigenvalue weighted by Crippen LogP contribution is -2.60. The minimum Gasteiger partial charge on any atom is -0.298 e. The lowest BCUT2D eigenvalue weighted by atomic mass is 9.41. The number of carbonyl (C=O) groups is 1. The van der Waals surface area contributed by atoms with Crippen molar-refractivity contribution in [3.05, 3.63) is 0 Å². The Hall–Kier alpha value is -0.330. The number of Topliss-reactive ketones (excluding diaryl/α,β-unsaturated/α-hetero) is 1. The van der Waals surface area contributed by atoms with Crippen LogP contribution in [0.1, 0.15) is 52.9 Å². The van der Waals surface area contributed by atoms with Gasteiger partial charge >= 0.3 is 0 Å². The first-order chi connectivity index (χ1) is 6.97. The number of fused-ring (bicyclic) bond motifs is 1. The van der Waals surface area contributed by atoms with E-state index in [0.29, 0.717) is 5.78 Å². The van der Waals surface area contributed by atoms with Gasteiger partial charge in [0.05, 0.1) is 0 Å². The van der Waals surface area contributed by atoms with Crippen LogP contribution in [0.3, 0.4) is 0 Å². The van der Waals surface area contributed by atoms with Crippen LogP contribution in [0.25, 0.3) is 0 Å². The van der Waals surface area contributed by atoms with Crippen LogP contribution < -0.4 is 0 Å². The first-order valence-corrected chi connectivity index (χ1v) is 6.52. The van der Waals surface area contributed by atoms with Crippen molar-refractivity contribution in [1.82, 2.24) is 0 Å². The first-order valence-electron chi connectivity index (χ1n) is 6.52. The maximum atomic E-state index is 12.5. The fraction of sp³-hybridized carbons (Fsp3) is 0.929. The molecule has 84 valence electrons. The van der Waals surface area contributed by atoms with E-state index >= 15 is 0 Å². The monoisotopic (exact) mass is 206 g/mol. The molecule has 4 bridgehead atoms. The number of ketones is 1. The van der Waals surface area contributed by atoms with Crippen LogP contribution >= 0.6 is 0 Å². The maximum Gasteiger partial charge on any atom is 0.144 e. The number of hydrogen-bond donors (Lipinski definition) is 0. The van der Waals surface area contributed by atoms with Crippen LogP contribution in [0, 0.1) is 28.6 Å². The molecule has 4 rings (SSSR count). The predicted octanol–water partition coefficient (Wildman–Crippen LogP) is 3.43. The van der Waals surface area contributed by atoms with Crippen molar-refractivity contribution in [2.45, 2.75) is 52.9 Å². The highest BCUT2D eigenvalue weighted by atomic mass is 16.1. The predicted molar refractivity (Wildman–Crippen MR) is 60.5 cm³/mol. The third-order valence-electron chi connectivity index (χ3n) is 5.95. The molecule has 0 heterocycles. The van der Waals surface area contributed by atoms with E-state index < -0.39 is 0 Å². The van der Waals surface area contributed by atoms with Gasteiger partial charge in [0, 0.05) is 10.8 Å². The molecular weight excluding hydrogens is 184 g/mol. The summed E-state index contributed by atoms with van der Waals surface area (Å²) in [4.78, 5) is 12.5. The summed E-state index contributed by atoms with van der Waals surface area (Å²) in [5.41, 5.74) is 0.102. The fourth-order valence-corrected chi connectivity index (χ4v) is 4.95. The molecule has 4 saturated carbocycles. The molecule has 0 saturated heterocycles. The summed E-state index contributed by atoms with van der Waals surface area (Å²) < 4.78 is 0. The van der Waals surface area contributed by atoms with E-state index in [0.717, 1.165) is 30.6 Å². The maximum absolute atomic E-state index is 12.5. The van der Waals surface area contributed by atoms with Gasteiger partial charge in [0.1, 0.15) is 5.78 Å². The number of hydrogen-bond acceptors (Lipinski definition) is 1. The van der Waals surface area contributed by atoms with Gasteiger partial charge in [-0.2, -0.15) is 0 Å². The summed E-state index contributed by atoms with van der Waals surface area (Å²) in [5.74, 6) is 3.03. The SMILES string of the molecule is CC1CCC2(C)C(=O)C3(C)CCC2C1C3. The molecule has 0 aromatic rings. The second-order valence-corrected chi connectivity index (χ2v) is 6.84. The van der Waals surface area contributed by atoms with Crippen molar-refractivity contribution in [3.8, 4) is 0 Å². The smallest absolute Gasteiger partial charge is 0.144 e. The average Bonchev–Trinajstić information content (AvgIpc) is 2.21. The normalized spacial score (nSPS) is 58.3. The highest BCUT2D eigenvalue weighted by Crippen LogP contribution is 2.64. The molecule has 0 amide bonds. The van der Waals surface area contributed by atoms with Crippen molar-refractivity contribution in [2.24, 2.45) is 28.6 Å². The summed E-state index contributed by atoms with van der Waals surface area (Å²) >= 11 is 0. The van der Waals surface area contributed by atoms with Crippen LogP contribution in [-0.2, 0) is 4.79 Å². The fourth-order valence-electron chi connectivity index (χ4n) is 4.95. The number of carbonyl (C=O) groups excluding carboxylic acids is 1. The highest BCUT2D eigenvalue weighted by molar-refractivity contribution is 5.92. The molecular formula is C14H22O. The van der Waals surface area contributed by atoms with Crippen LogP contribution in [0.2, 0.25) is 0 Å². The van der Waals surface area contributed by atoms with Gasteiger partial charge in [-0.3, -0.25) is 4.79 Å². The molecule has 1 nitrogen and oxygen atoms in total. The van der Waals surface area contributed by atoms with Gasteiger partial charge in [-0.05, 0) is 49.9 Å². The second-order valence-electron chi connectivity index (χ2n) is 6.84. The zero-order chi connectivity index (χ0) is 10.8. The van der Waals surface area contributed by atoms with Crippen molar-refractivity contribution >= 4 is 5.78 Å². The van der Waals surface area contributed by atoms with Crippen LogP contribution in [0.5, 0.6) is 0 Å². The summed E-state index contributed by atoms with van der Waals surface area (Å²) in [7, 11) is 0. The summed E-state index contributed by atoms with van der Waals surface area (Å²) in [6, 6.07) is 0. The van der Waals surface area contributed by atoms with E-state index in [2.05, 4.69) is 20.8 Å². The summed E-state index contributed by atoms with van der Waals surface area (Å²) in [6.45, 7) is 6.89. The lowest BCUT2D eigenvalue weighted by molar-refractivity contribution is -0.172. The lowest BCUT2D eigenvalue weighted by Gasteiger charge is -2.61. The molecule has 0 spiro atoms. The first kappa shape index (κ1) is 9.86. The second kappa shape index (κ2) is 2.67. The van der Waals surface area contributed by atoms with E-state index in [9.17, 15) is 4.79 Å². The molecule has 5 unspecified atom stereocenters. The van der Waals surface area contributed by atoms with Gasteiger partial charge in [0.15, 0.2) is 0 Å². The largest absolute Gasteiger partial charge is 0.298 e. The van der Waals surface area contributed by atoms with Crippen LogP contribution in [0.15, 0.2) is 0 Å². The topological polar surface area (TPSA) is 17.1 Å². The molecule has 4 aliphatic rings. The zero-order valence-electron chi connectivity index (χ0n) is 10.2. The van der Waals surface area contributed by atoms with Gasteiger partial charge in [-0.25, -0.2) is 0 Å². The Bertz CT molecular complexity index is 321. The quantitative estimate of drug-likeness (QED) is 0.593. The van der Waals surface area contributed by atoms with Crippen LogP contribution in [0.4, 0.5) is 0 Å². The van der Waals surface area contributed by atoms with Gasteiger partial charge < -0.3 is 0 Å². The average molecular weight is 206 g/mol. The molecule has 0 N–H and O–H groups in total. The van der Waals surface area contributed by atoms with Crippen molar-refractivity contribution in [2.75, 3.05) is 0 Å². The third-order valence-corrected chi connectivity index (χ3v) is 5.95. The van der Waals surface area contributed by atoms with E-state index in [1.165, 1.54) is 19.3 Å². The van der Waals surface area contributed by atoms with Gasteiger partial charge in [0.25, 0.3) is 0 Å². The minimum absolute atomic E-state index is 0.0445. The summed E-state index contributed by atoms with van der Waals surface area (Å²) in [6.07, 6.45) is 6.10. The Labute approximate surface area is 92.6 Å². The third kappa shape index (κ3) is 1.02. The molecule has 0 aromatic heterocycles. The van der Waals surface area contributed by atoms with Crippen molar-refractivity contribution in [1.29, 1.82) is 0 Å². The van der Waals surface area contributed by atoms with Crippen molar-refractivity contribution in [3.63, 3.8) is 0 Å². The molecule has 0 radical (unpaired) electrons. The van der Waals surface area contributed by atoms with Crippen LogP contribution in [-0.4, -0.2) is 5.78 Å². The molecule has 5 atom stereocenters. The van der Waals surface area contributed by atoms with E-state index in [1.807, 2.05) is 0 Å². The number of rotatable bonds is 0. The molecule has 0 aromatic carbocycles. The van der Waals surface area contributed by atoms with Gasteiger partial charge in [0.2, 0.25) is 0 Å². The van der Waals surface area contributed by atoms with Gasteiger partial charge in [-0.15, -0.1) is 0 Å². The summed E-state index contributed by atoms with van der Waals surface area (Å²) in [5, 5.41) is 0. The van der Waals surface area contributed by atoms with Crippen molar-refractivity contribution < 1.29 is 4.79 Å².